The van der Waals surface area contributed by atoms with Crippen LogP contribution in [-0.4, -0.2) is 75.8 Å². The normalized spacial score (nSPS) is 20.9. The van der Waals surface area contributed by atoms with E-state index < -0.39 is 76.4 Å². The molecular weight excluding hydrogens is 529 g/mol. The molecule has 1 aliphatic heterocycles. The summed E-state index contributed by atoms with van der Waals surface area (Å²) in [6, 6.07) is 3.65. The van der Waals surface area contributed by atoms with Crippen molar-refractivity contribution >= 4 is 22.5 Å². The quantitative estimate of drug-likeness (QED) is 0.203. The summed E-state index contributed by atoms with van der Waals surface area (Å²) in [5.41, 5.74) is 0.477. The summed E-state index contributed by atoms with van der Waals surface area (Å²) < 4.78 is 94.9. The average molecular weight is 560 g/mol. The number of carbonyl (C=O) groups excluding carboxylic acids is 2. The number of methoxy groups -OCH3 is 1. The molecule has 0 spiro atoms. The van der Waals surface area contributed by atoms with Crippen LogP contribution in [0.15, 0.2) is 24.3 Å². The molecular formula is C22H30F5N3O6S. The molecule has 1 aromatic rings. The van der Waals surface area contributed by atoms with Gasteiger partial charge in [0.05, 0.1) is 24.4 Å². The predicted molar refractivity (Wildman–Crippen MR) is 123 cm³/mol. The third-order valence-electron chi connectivity index (χ3n) is 6.10. The largest absolute Gasteiger partial charge is 0.497 e. The molecule has 0 bridgehead atoms. The van der Waals surface area contributed by atoms with Crippen molar-refractivity contribution in [1.82, 2.24) is 16.0 Å². The Morgan fingerprint density at radius 3 is 2.24 bits per heavy atom. The Bertz CT molecular complexity index is 1010. The summed E-state index contributed by atoms with van der Waals surface area (Å²) in [5.74, 6) is -8.67. The summed E-state index contributed by atoms with van der Waals surface area (Å²) in [6.07, 6.45) is -7.74. The van der Waals surface area contributed by atoms with Gasteiger partial charge in [-0.2, -0.15) is 22.0 Å². The Labute approximate surface area is 212 Å². The second-order valence-electron chi connectivity index (χ2n) is 9.10. The van der Waals surface area contributed by atoms with E-state index in [4.69, 9.17) is 4.74 Å². The zero-order valence-electron chi connectivity index (χ0n) is 20.2. The lowest BCUT2D eigenvalue weighted by molar-refractivity contribution is -0.174. The number of rotatable bonds is 11. The standard InChI is InChI=1S/C22H30F5N3O6S/c1-11(2)16(18(31)22(26,27)20(33)29-10-21(23,24)25)30-19(32)15-8-13(9-28-15)17(37(34)35)12-4-6-14(36-3)7-5-12/h4-7,11,13,15-18,28,31,37H,8-10H2,1-3H3,(H,29,33)(H,30,32)/t13-,15+,16+,17?,18-/m1/s1. The van der Waals surface area contributed by atoms with E-state index in [0.717, 1.165) is 5.32 Å². The van der Waals surface area contributed by atoms with Crippen molar-refractivity contribution in [3.63, 3.8) is 0 Å². The Hall–Kier alpha value is -2.52. The lowest BCUT2D eigenvalue weighted by atomic mass is 9.92. The number of aliphatic hydroxyl groups excluding tert-OH is 1. The number of alkyl halides is 5. The molecule has 37 heavy (non-hydrogen) atoms. The first-order chi connectivity index (χ1) is 17.1. The van der Waals surface area contributed by atoms with E-state index in [1.807, 2.05) is 0 Å². The molecule has 2 rings (SSSR count). The lowest BCUT2D eigenvalue weighted by Crippen LogP contribution is -2.61. The summed E-state index contributed by atoms with van der Waals surface area (Å²) in [7, 11) is -1.50. The molecule has 1 aliphatic rings. The van der Waals surface area contributed by atoms with Crippen LogP contribution in [-0.2, 0) is 20.3 Å². The molecule has 1 fully saturated rings. The van der Waals surface area contributed by atoms with Crippen LogP contribution in [0, 0.1) is 11.8 Å². The van der Waals surface area contributed by atoms with Crippen LogP contribution in [0.2, 0.25) is 0 Å². The van der Waals surface area contributed by atoms with Crippen LogP contribution < -0.4 is 20.7 Å². The van der Waals surface area contributed by atoms with Gasteiger partial charge >= 0.3 is 12.1 Å². The van der Waals surface area contributed by atoms with E-state index in [0.29, 0.717) is 11.3 Å². The molecule has 4 N–H and O–H groups in total. The first-order valence-corrected chi connectivity index (χ1v) is 12.5. The lowest BCUT2D eigenvalue weighted by Gasteiger charge is -2.32. The van der Waals surface area contributed by atoms with Crippen LogP contribution in [0.4, 0.5) is 22.0 Å². The zero-order chi connectivity index (χ0) is 28.1. The SMILES string of the molecule is COc1ccc(C([C@H]2CN[C@H](C(=O)N[C@@H](C(C)C)[C@@H](O)C(F)(F)C(=O)NCC(F)(F)F)C2)[SH](=O)=O)cc1. The molecule has 1 saturated heterocycles. The maximum Gasteiger partial charge on any atom is 0.405 e. The van der Waals surface area contributed by atoms with Crippen molar-refractivity contribution in [2.24, 2.45) is 11.8 Å². The number of nitrogens with one attached hydrogen (secondary N) is 3. The van der Waals surface area contributed by atoms with Gasteiger partial charge in [-0.05, 0) is 36.0 Å². The molecule has 0 radical (unpaired) electrons. The summed E-state index contributed by atoms with van der Waals surface area (Å²) >= 11 is 0. The number of amides is 2. The van der Waals surface area contributed by atoms with Gasteiger partial charge in [0.1, 0.15) is 29.1 Å². The summed E-state index contributed by atoms with van der Waals surface area (Å²) in [4.78, 5) is 24.5. The van der Waals surface area contributed by atoms with Gasteiger partial charge in [-0.1, -0.05) is 26.0 Å². The molecule has 1 unspecified atom stereocenters. The third kappa shape index (κ3) is 7.98. The highest BCUT2D eigenvalue weighted by Gasteiger charge is 2.52. The number of benzene rings is 1. The Morgan fingerprint density at radius 2 is 1.76 bits per heavy atom. The molecule has 1 aromatic carbocycles. The molecule has 15 heteroatoms. The van der Waals surface area contributed by atoms with E-state index in [-0.39, 0.29) is 13.0 Å². The fraction of sp³-hybridized carbons (Fsp3) is 0.636. The van der Waals surface area contributed by atoms with Crippen molar-refractivity contribution in [1.29, 1.82) is 0 Å². The third-order valence-corrected chi connectivity index (χ3v) is 7.28. The number of hydrogen-bond acceptors (Lipinski definition) is 7. The topological polar surface area (TPSA) is 134 Å². The predicted octanol–water partition coefficient (Wildman–Crippen LogP) is 1.14. The maximum absolute atomic E-state index is 14.5. The van der Waals surface area contributed by atoms with Gasteiger partial charge in [0.25, 0.3) is 5.91 Å². The smallest absolute Gasteiger partial charge is 0.405 e. The minimum atomic E-state index is -4.94. The first kappa shape index (κ1) is 30.7. The average Bonchev–Trinajstić information content (AvgIpc) is 3.29. The summed E-state index contributed by atoms with van der Waals surface area (Å²) in [6.45, 7) is 0.829. The number of carbonyl (C=O) groups is 2. The first-order valence-electron chi connectivity index (χ1n) is 11.3. The molecule has 0 aromatic heterocycles. The monoisotopic (exact) mass is 559 g/mol. The molecule has 2 amide bonds. The second kappa shape index (κ2) is 12.3. The minimum Gasteiger partial charge on any atom is -0.497 e. The minimum absolute atomic E-state index is 0.0230. The Morgan fingerprint density at radius 1 is 1.16 bits per heavy atom. The van der Waals surface area contributed by atoms with Crippen LogP contribution >= 0.6 is 0 Å². The van der Waals surface area contributed by atoms with Gasteiger partial charge in [-0.15, -0.1) is 0 Å². The highest BCUT2D eigenvalue weighted by Crippen LogP contribution is 2.33. The van der Waals surface area contributed by atoms with Gasteiger partial charge in [0.2, 0.25) is 5.91 Å². The molecule has 210 valence electrons. The van der Waals surface area contributed by atoms with Gasteiger partial charge in [-0.3, -0.25) is 9.59 Å². The van der Waals surface area contributed by atoms with E-state index >= 15 is 0 Å². The van der Waals surface area contributed by atoms with Crippen molar-refractivity contribution in [3.05, 3.63) is 29.8 Å². The number of hydrogen-bond donors (Lipinski definition) is 5. The maximum atomic E-state index is 14.5. The zero-order valence-corrected chi connectivity index (χ0v) is 21.1. The van der Waals surface area contributed by atoms with E-state index in [1.54, 1.807) is 24.3 Å². The van der Waals surface area contributed by atoms with Gasteiger partial charge < -0.3 is 25.8 Å². The van der Waals surface area contributed by atoms with Crippen LogP contribution in [0.1, 0.15) is 31.1 Å². The second-order valence-corrected chi connectivity index (χ2v) is 10.2. The number of halogens is 5. The van der Waals surface area contributed by atoms with Crippen molar-refractivity contribution < 1.29 is 49.8 Å². The van der Waals surface area contributed by atoms with Crippen LogP contribution in [0.5, 0.6) is 5.75 Å². The van der Waals surface area contributed by atoms with Crippen LogP contribution in [0.3, 0.4) is 0 Å². The number of thiol groups is 1. The Kier molecular flexibility index (Phi) is 10.2. The highest BCUT2D eigenvalue weighted by atomic mass is 32.2. The molecule has 5 atom stereocenters. The molecule has 0 saturated carbocycles. The van der Waals surface area contributed by atoms with E-state index in [9.17, 15) is 45.1 Å². The molecule has 9 nitrogen and oxygen atoms in total. The summed E-state index contributed by atoms with van der Waals surface area (Å²) in [5, 5.41) is 15.3. The van der Waals surface area contributed by atoms with Crippen molar-refractivity contribution in [2.75, 3.05) is 20.2 Å². The Balaban J connectivity index is 2.11. The number of aliphatic hydroxyl groups is 1. The highest BCUT2D eigenvalue weighted by molar-refractivity contribution is 7.72. The van der Waals surface area contributed by atoms with Crippen molar-refractivity contribution in [3.8, 4) is 5.75 Å². The fourth-order valence-corrected chi connectivity index (χ4v) is 5.09. The van der Waals surface area contributed by atoms with Gasteiger partial charge in [0.15, 0.2) is 0 Å². The van der Waals surface area contributed by atoms with Gasteiger partial charge in [0, 0.05) is 6.54 Å². The fourth-order valence-electron chi connectivity index (χ4n) is 4.10. The van der Waals surface area contributed by atoms with E-state index in [1.165, 1.54) is 21.0 Å². The van der Waals surface area contributed by atoms with Crippen molar-refractivity contribution in [2.45, 2.75) is 55.8 Å². The number of ether oxygens (including phenoxy) is 1. The van der Waals surface area contributed by atoms with Crippen LogP contribution in [0.25, 0.3) is 0 Å². The van der Waals surface area contributed by atoms with E-state index in [2.05, 4.69) is 10.6 Å². The van der Waals surface area contributed by atoms with Gasteiger partial charge in [-0.25, -0.2) is 8.42 Å². The molecule has 0 aliphatic carbocycles. The molecule has 1 heterocycles.